The molecule has 1 saturated heterocycles. The Balaban J connectivity index is 1.38. The number of rotatable bonds is 3. The number of hydrogen-bond donors (Lipinski definition) is 0. The Morgan fingerprint density at radius 3 is 2.88 bits per heavy atom. The van der Waals surface area contributed by atoms with Gasteiger partial charge in [0.05, 0.1) is 18.4 Å². The zero-order chi connectivity index (χ0) is 17.6. The number of fused-ring (bicyclic) bond motifs is 1. The zero-order valence-corrected chi connectivity index (χ0v) is 15.2. The molecular formula is C20H20FN3OS. The van der Waals surface area contributed by atoms with Crippen molar-refractivity contribution in [1.82, 2.24) is 14.5 Å². The van der Waals surface area contributed by atoms with Crippen LogP contribution in [0, 0.1) is 5.82 Å². The summed E-state index contributed by atoms with van der Waals surface area (Å²) >= 11 is 1.81. The van der Waals surface area contributed by atoms with E-state index in [1.165, 1.54) is 17.0 Å². The van der Waals surface area contributed by atoms with Crippen molar-refractivity contribution in [2.24, 2.45) is 0 Å². The van der Waals surface area contributed by atoms with E-state index in [0.717, 1.165) is 49.7 Å². The van der Waals surface area contributed by atoms with Crippen molar-refractivity contribution in [1.29, 1.82) is 0 Å². The third-order valence-electron chi connectivity index (χ3n) is 5.39. The van der Waals surface area contributed by atoms with Gasteiger partial charge in [-0.25, -0.2) is 9.37 Å². The number of ether oxygens (including phenoxy) is 1. The molecule has 4 heterocycles. The first-order valence-corrected chi connectivity index (χ1v) is 9.78. The van der Waals surface area contributed by atoms with Crippen LogP contribution in [0.15, 0.2) is 48.0 Å². The summed E-state index contributed by atoms with van der Waals surface area (Å²) in [5, 5.41) is 2.13. The van der Waals surface area contributed by atoms with Gasteiger partial charge in [0.15, 0.2) is 0 Å². The van der Waals surface area contributed by atoms with Gasteiger partial charge in [-0.3, -0.25) is 4.90 Å². The van der Waals surface area contributed by atoms with Crippen LogP contribution in [0.1, 0.15) is 17.1 Å². The Bertz CT molecular complexity index is 906. The molecule has 2 aliphatic rings. The number of imidazole rings is 1. The van der Waals surface area contributed by atoms with Crippen molar-refractivity contribution in [3.63, 3.8) is 0 Å². The molecule has 0 saturated carbocycles. The van der Waals surface area contributed by atoms with Crippen LogP contribution in [-0.2, 0) is 24.4 Å². The fraction of sp³-hybridized carbons (Fsp3) is 0.350. The fourth-order valence-electron chi connectivity index (χ4n) is 4.04. The highest BCUT2D eigenvalue weighted by Crippen LogP contribution is 2.35. The molecule has 2 aliphatic heterocycles. The van der Waals surface area contributed by atoms with Crippen LogP contribution in [0.4, 0.5) is 4.39 Å². The third-order valence-corrected chi connectivity index (χ3v) is 6.25. The summed E-state index contributed by atoms with van der Waals surface area (Å²) in [6.07, 6.45) is 2.90. The fourth-order valence-corrected chi connectivity index (χ4v) is 4.79. The Morgan fingerprint density at radius 2 is 2.08 bits per heavy atom. The van der Waals surface area contributed by atoms with E-state index in [1.54, 1.807) is 0 Å². The van der Waals surface area contributed by atoms with Crippen LogP contribution in [0.5, 0.6) is 0 Å². The van der Waals surface area contributed by atoms with Gasteiger partial charge in [-0.05, 0) is 47.7 Å². The van der Waals surface area contributed by atoms with Crippen molar-refractivity contribution >= 4 is 11.3 Å². The molecule has 6 heteroatoms. The molecule has 0 N–H and O–H groups in total. The summed E-state index contributed by atoms with van der Waals surface area (Å²) in [5.41, 5.74) is 1.88. The summed E-state index contributed by atoms with van der Waals surface area (Å²) in [7, 11) is 0. The van der Waals surface area contributed by atoms with E-state index < -0.39 is 0 Å². The van der Waals surface area contributed by atoms with Gasteiger partial charge in [-0.2, -0.15) is 0 Å². The van der Waals surface area contributed by atoms with Gasteiger partial charge in [0.25, 0.3) is 0 Å². The second-order valence-electron chi connectivity index (χ2n) is 7.16. The largest absolute Gasteiger partial charge is 0.364 e. The molecule has 26 heavy (non-hydrogen) atoms. The van der Waals surface area contributed by atoms with Crippen LogP contribution >= 0.6 is 11.3 Å². The molecule has 2 aromatic heterocycles. The van der Waals surface area contributed by atoms with E-state index in [4.69, 9.17) is 4.74 Å². The number of likely N-dealkylation sites (tertiary alicyclic amines) is 1. The predicted molar refractivity (Wildman–Crippen MR) is 99.4 cm³/mol. The van der Waals surface area contributed by atoms with Gasteiger partial charge in [0.2, 0.25) is 0 Å². The van der Waals surface area contributed by atoms with Gasteiger partial charge >= 0.3 is 0 Å². The minimum absolute atomic E-state index is 0.153. The number of benzene rings is 1. The van der Waals surface area contributed by atoms with Crippen LogP contribution in [0.3, 0.4) is 0 Å². The Morgan fingerprint density at radius 1 is 1.19 bits per heavy atom. The lowest BCUT2D eigenvalue weighted by atomic mass is 10.0. The van der Waals surface area contributed by atoms with Crippen molar-refractivity contribution in [3.8, 4) is 11.3 Å². The molecule has 0 amide bonds. The van der Waals surface area contributed by atoms with E-state index in [-0.39, 0.29) is 11.4 Å². The Labute approximate surface area is 155 Å². The second kappa shape index (κ2) is 6.30. The van der Waals surface area contributed by atoms with Crippen LogP contribution in [-0.4, -0.2) is 33.1 Å². The van der Waals surface area contributed by atoms with Gasteiger partial charge in [-0.15, -0.1) is 11.3 Å². The van der Waals surface area contributed by atoms with Crippen LogP contribution in [0.25, 0.3) is 11.3 Å². The Hall–Kier alpha value is -2.02. The van der Waals surface area contributed by atoms with Gasteiger partial charge in [0.1, 0.15) is 23.8 Å². The highest BCUT2D eigenvalue weighted by molar-refractivity contribution is 7.09. The highest BCUT2D eigenvalue weighted by Gasteiger charge is 2.43. The molecule has 0 radical (unpaired) electrons. The smallest absolute Gasteiger partial charge is 0.135 e. The first-order valence-electron chi connectivity index (χ1n) is 8.90. The van der Waals surface area contributed by atoms with Crippen molar-refractivity contribution in [3.05, 3.63) is 64.5 Å². The van der Waals surface area contributed by atoms with E-state index in [2.05, 4.69) is 32.0 Å². The van der Waals surface area contributed by atoms with E-state index in [9.17, 15) is 4.39 Å². The molecule has 134 valence electrons. The standard InChI is InChI=1S/C20H20FN3OS/c21-16-5-3-15(4-6-16)18-10-22-19-12-25-20(14-24(18)19)7-8-23(13-20)11-17-2-1-9-26-17/h1-6,9-10H,7-8,11-14H2. The van der Waals surface area contributed by atoms with Crippen molar-refractivity contribution in [2.75, 3.05) is 13.1 Å². The lowest BCUT2D eigenvalue weighted by Gasteiger charge is -2.35. The van der Waals surface area contributed by atoms with E-state index in [1.807, 2.05) is 29.7 Å². The molecule has 0 bridgehead atoms. The maximum Gasteiger partial charge on any atom is 0.135 e. The average molecular weight is 369 g/mol. The molecule has 3 aromatic rings. The summed E-state index contributed by atoms with van der Waals surface area (Å²) in [5.74, 6) is 0.735. The van der Waals surface area contributed by atoms with Gasteiger partial charge in [-0.1, -0.05) is 6.07 Å². The summed E-state index contributed by atoms with van der Waals surface area (Å²) in [6, 6.07) is 10.9. The van der Waals surface area contributed by atoms with E-state index >= 15 is 0 Å². The molecule has 1 unspecified atom stereocenters. The molecule has 4 nitrogen and oxygen atoms in total. The number of nitrogens with zero attached hydrogens (tertiary/aromatic N) is 3. The van der Waals surface area contributed by atoms with Gasteiger partial charge in [0, 0.05) is 24.5 Å². The zero-order valence-electron chi connectivity index (χ0n) is 14.4. The second-order valence-corrected chi connectivity index (χ2v) is 8.20. The summed E-state index contributed by atoms with van der Waals surface area (Å²) < 4.78 is 21.8. The van der Waals surface area contributed by atoms with E-state index in [0.29, 0.717) is 6.61 Å². The quantitative estimate of drug-likeness (QED) is 0.701. The number of thiophene rings is 1. The molecule has 1 spiro atoms. The maximum absolute atomic E-state index is 13.3. The first kappa shape index (κ1) is 16.2. The monoisotopic (exact) mass is 369 g/mol. The molecule has 5 rings (SSSR count). The predicted octanol–water partition coefficient (Wildman–Crippen LogP) is 3.93. The normalized spacial score (nSPS) is 22.8. The maximum atomic E-state index is 13.3. The SMILES string of the molecule is Fc1ccc(-c2cnc3n2CC2(CCN(Cc4cccs4)C2)OC3)cc1. The van der Waals surface area contributed by atoms with Gasteiger partial charge < -0.3 is 9.30 Å². The molecule has 1 aromatic carbocycles. The molecule has 0 aliphatic carbocycles. The minimum atomic E-state index is -0.216. The lowest BCUT2D eigenvalue weighted by molar-refractivity contribution is -0.0821. The van der Waals surface area contributed by atoms with Crippen LogP contribution < -0.4 is 0 Å². The lowest BCUT2D eigenvalue weighted by Crippen LogP contribution is -2.44. The number of hydrogen-bond acceptors (Lipinski definition) is 4. The number of halogens is 1. The molecular weight excluding hydrogens is 349 g/mol. The topological polar surface area (TPSA) is 30.3 Å². The Kier molecular flexibility index (Phi) is 3.92. The molecule has 1 fully saturated rings. The first-order chi connectivity index (χ1) is 12.7. The summed E-state index contributed by atoms with van der Waals surface area (Å²) in [6.45, 7) is 4.31. The van der Waals surface area contributed by atoms with Crippen molar-refractivity contribution < 1.29 is 9.13 Å². The highest BCUT2D eigenvalue weighted by atomic mass is 32.1. The molecule has 1 atom stereocenters. The van der Waals surface area contributed by atoms with Crippen LogP contribution in [0.2, 0.25) is 0 Å². The third kappa shape index (κ3) is 2.88. The average Bonchev–Trinajstić information content (AvgIpc) is 3.37. The minimum Gasteiger partial charge on any atom is -0.364 e. The number of aromatic nitrogens is 2. The van der Waals surface area contributed by atoms with Crippen molar-refractivity contribution in [2.45, 2.75) is 31.7 Å². The summed E-state index contributed by atoms with van der Waals surface area (Å²) in [4.78, 5) is 8.40.